The van der Waals surface area contributed by atoms with Crippen molar-refractivity contribution in [1.82, 2.24) is 0 Å². The molecule has 0 heterocycles. The first kappa shape index (κ1) is 8.57. The Labute approximate surface area is 67.6 Å². The molecule has 2 nitrogen and oxygen atoms in total. The Bertz CT molecular complexity index is 165. The number of carbonyl (C=O) groups is 1. The lowest BCUT2D eigenvalue weighted by molar-refractivity contribution is -0.153. The molecule has 1 saturated carbocycles. The number of carboxylic acid groups (broad SMARTS) is 1. The highest BCUT2D eigenvalue weighted by molar-refractivity contribution is 5.74. The fraction of sp³-hybridized carbons (Fsp3) is 0.889. The fourth-order valence-corrected chi connectivity index (χ4v) is 1.83. The van der Waals surface area contributed by atoms with Crippen LogP contribution in [-0.4, -0.2) is 11.1 Å². The maximum atomic E-state index is 10.9. The van der Waals surface area contributed by atoms with E-state index < -0.39 is 11.4 Å². The average molecular weight is 156 g/mol. The first-order valence-corrected chi connectivity index (χ1v) is 4.31. The molecule has 1 N–H and O–H groups in total. The van der Waals surface area contributed by atoms with Gasteiger partial charge in [0.15, 0.2) is 0 Å². The van der Waals surface area contributed by atoms with E-state index in [4.69, 9.17) is 5.11 Å². The van der Waals surface area contributed by atoms with Gasteiger partial charge in [-0.3, -0.25) is 4.79 Å². The van der Waals surface area contributed by atoms with Crippen LogP contribution >= 0.6 is 0 Å². The van der Waals surface area contributed by atoms with Gasteiger partial charge in [0.25, 0.3) is 0 Å². The van der Waals surface area contributed by atoms with E-state index in [2.05, 4.69) is 0 Å². The SMILES string of the molecule is CC1CCCCC1(C)C(=O)O. The molecule has 2 heteroatoms. The fourth-order valence-electron chi connectivity index (χ4n) is 1.83. The summed E-state index contributed by atoms with van der Waals surface area (Å²) in [6, 6.07) is 0. The number of hydrogen-bond donors (Lipinski definition) is 1. The molecule has 0 bridgehead atoms. The summed E-state index contributed by atoms with van der Waals surface area (Å²) in [6.45, 7) is 3.92. The van der Waals surface area contributed by atoms with Gasteiger partial charge in [-0.1, -0.05) is 19.8 Å². The second kappa shape index (κ2) is 2.84. The van der Waals surface area contributed by atoms with Gasteiger partial charge in [0, 0.05) is 0 Å². The van der Waals surface area contributed by atoms with E-state index in [-0.39, 0.29) is 0 Å². The zero-order valence-electron chi connectivity index (χ0n) is 7.26. The van der Waals surface area contributed by atoms with Gasteiger partial charge < -0.3 is 5.11 Å². The molecule has 0 aromatic carbocycles. The molecule has 11 heavy (non-hydrogen) atoms. The van der Waals surface area contributed by atoms with Crippen LogP contribution in [0.3, 0.4) is 0 Å². The number of carboxylic acids is 1. The van der Waals surface area contributed by atoms with Crippen LogP contribution < -0.4 is 0 Å². The molecule has 0 amide bonds. The Balaban J connectivity index is 2.72. The zero-order valence-corrected chi connectivity index (χ0v) is 7.26. The molecular formula is C9H16O2. The Morgan fingerprint density at radius 3 is 2.55 bits per heavy atom. The minimum Gasteiger partial charge on any atom is -0.481 e. The summed E-state index contributed by atoms with van der Waals surface area (Å²) in [4.78, 5) is 10.9. The lowest BCUT2D eigenvalue weighted by atomic mass is 9.68. The van der Waals surface area contributed by atoms with Crippen LogP contribution in [-0.2, 0) is 4.79 Å². The van der Waals surface area contributed by atoms with Gasteiger partial charge in [-0.05, 0) is 25.7 Å². The van der Waals surface area contributed by atoms with Crippen LogP contribution in [0.15, 0.2) is 0 Å². The van der Waals surface area contributed by atoms with Crippen LogP contribution in [0.2, 0.25) is 0 Å². The molecular weight excluding hydrogens is 140 g/mol. The molecule has 0 aliphatic heterocycles. The van der Waals surface area contributed by atoms with Crippen molar-refractivity contribution in [2.24, 2.45) is 11.3 Å². The van der Waals surface area contributed by atoms with Crippen LogP contribution in [0.5, 0.6) is 0 Å². The highest BCUT2D eigenvalue weighted by Crippen LogP contribution is 2.40. The van der Waals surface area contributed by atoms with Crippen molar-refractivity contribution >= 4 is 5.97 Å². The summed E-state index contributed by atoms with van der Waals surface area (Å²) < 4.78 is 0. The largest absolute Gasteiger partial charge is 0.481 e. The molecule has 0 aromatic rings. The third-order valence-corrected chi connectivity index (χ3v) is 3.16. The molecule has 0 aromatic heterocycles. The summed E-state index contributed by atoms with van der Waals surface area (Å²) in [5.41, 5.74) is -0.446. The van der Waals surface area contributed by atoms with E-state index >= 15 is 0 Å². The zero-order chi connectivity index (χ0) is 8.48. The van der Waals surface area contributed by atoms with Gasteiger partial charge in [0.1, 0.15) is 0 Å². The standard InChI is InChI=1S/C9H16O2/c1-7-5-3-4-6-9(7,2)8(10)11/h7H,3-6H2,1-2H3,(H,10,11). The minimum absolute atomic E-state index is 0.341. The first-order valence-electron chi connectivity index (χ1n) is 4.31. The third kappa shape index (κ3) is 1.39. The van der Waals surface area contributed by atoms with Crippen molar-refractivity contribution in [3.05, 3.63) is 0 Å². The second-order valence-electron chi connectivity index (χ2n) is 3.87. The Hall–Kier alpha value is -0.530. The van der Waals surface area contributed by atoms with Crippen LogP contribution in [0.1, 0.15) is 39.5 Å². The number of hydrogen-bond acceptors (Lipinski definition) is 1. The molecule has 1 rings (SSSR count). The summed E-state index contributed by atoms with van der Waals surface area (Å²) in [5.74, 6) is -0.279. The monoisotopic (exact) mass is 156 g/mol. The summed E-state index contributed by atoms with van der Waals surface area (Å²) in [6.07, 6.45) is 4.20. The van der Waals surface area contributed by atoms with E-state index in [9.17, 15) is 4.79 Å². The second-order valence-corrected chi connectivity index (χ2v) is 3.87. The quantitative estimate of drug-likeness (QED) is 0.632. The lowest BCUT2D eigenvalue weighted by Crippen LogP contribution is -2.36. The van der Waals surface area contributed by atoms with Gasteiger partial charge in [-0.15, -0.1) is 0 Å². The summed E-state index contributed by atoms with van der Waals surface area (Å²) >= 11 is 0. The van der Waals surface area contributed by atoms with Gasteiger partial charge in [-0.25, -0.2) is 0 Å². The maximum absolute atomic E-state index is 10.9. The molecule has 2 atom stereocenters. The van der Waals surface area contributed by atoms with Crippen molar-refractivity contribution < 1.29 is 9.90 Å². The van der Waals surface area contributed by atoms with E-state index in [0.29, 0.717) is 5.92 Å². The normalized spacial score (nSPS) is 38.5. The third-order valence-electron chi connectivity index (χ3n) is 3.16. The van der Waals surface area contributed by atoms with Crippen molar-refractivity contribution in [2.45, 2.75) is 39.5 Å². The van der Waals surface area contributed by atoms with Crippen molar-refractivity contribution in [2.75, 3.05) is 0 Å². The van der Waals surface area contributed by atoms with Crippen LogP contribution in [0, 0.1) is 11.3 Å². The molecule has 0 saturated heterocycles. The van der Waals surface area contributed by atoms with E-state index in [1.165, 1.54) is 6.42 Å². The van der Waals surface area contributed by atoms with Gasteiger partial charge in [-0.2, -0.15) is 0 Å². The highest BCUT2D eigenvalue weighted by Gasteiger charge is 2.40. The van der Waals surface area contributed by atoms with E-state index in [0.717, 1.165) is 19.3 Å². The van der Waals surface area contributed by atoms with Crippen molar-refractivity contribution in [1.29, 1.82) is 0 Å². The van der Waals surface area contributed by atoms with Gasteiger partial charge >= 0.3 is 5.97 Å². The summed E-state index contributed by atoms with van der Waals surface area (Å²) in [7, 11) is 0. The molecule has 1 aliphatic carbocycles. The number of rotatable bonds is 1. The average Bonchev–Trinajstić information content (AvgIpc) is 1.95. The maximum Gasteiger partial charge on any atom is 0.309 e. The van der Waals surface area contributed by atoms with Crippen molar-refractivity contribution in [3.63, 3.8) is 0 Å². The molecule has 0 spiro atoms. The number of aliphatic carboxylic acids is 1. The van der Waals surface area contributed by atoms with Gasteiger partial charge in [0.05, 0.1) is 5.41 Å². The van der Waals surface area contributed by atoms with E-state index in [1.807, 2.05) is 13.8 Å². The Morgan fingerprint density at radius 2 is 2.18 bits per heavy atom. The van der Waals surface area contributed by atoms with Crippen molar-refractivity contribution in [3.8, 4) is 0 Å². The summed E-state index contributed by atoms with van der Waals surface area (Å²) in [5, 5.41) is 8.97. The Morgan fingerprint density at radius 1 is 1.55 bits per heavy atom. The Kier molecular flexibility index (Phi) is 2.21. The first-order chi connectivity index (χ1) is 5.07. The molecule has 0 radical (unpaired) electrons. The smallest absolute Gasteiger partial charge is 0.309 e. The molecule has 1 fully saturated rings. The van der Waals surface area contributed by atoms with Crippen LogP contribution in [0.25, 0.3) is 0 Å². The van der Waals surface area contributed by atoms with Gasteiger partial charge in [0.2, 0.25) is 0 Å². The topological polar surface area (TPSA) is 37.3 Å². The predicted molar refractivity (Wildman–Crippen MR) is 43.4 cm³/mol. The molecule has 1 aliphatic rings. The minimum atomic E-state index is -0.621. The predicted octanol–water partition coefficient (Wildman–Crippen LogP) is 2.29. The van der Waals surface area contributed by atoms with E-state index in [1.54, 1.807) is 0 Å². The molecule has 2 unspecified atom stereocenters. The molecule has 64 valence electrons. The highest BCUT2D eigenvalue weighted by atomic mass is 16.4. The van der Waals surface area contributed by atoms with Crippen LogP contribution in [0.4, 0.5) is 0 Å². The lowest BCUT2D eigenvalue weighted by Gasteiger charge is -2.35.